The van der Waals surface area contributed by atoms with Crippen LogP contribution in [-0.2, 0) is 8.85 Å². The lowest BCUT2D eigenvalue weighted by Gasteiger charge is -2.16. The molecule has 0 spiro atoms. The smallest absolute Gasteiger partial charge is 0.343 e. The van der Waals surface area contributed by atoms with E-state index in [9.17, 15) is 4.79 Å². The standard InChI is InChI=1S/C26H38O6Si/c1-4-7-19-28-24-13-15-25(16-14-24)32-26(27)22-9-11-23(12-10-22)29-20-8-21-33(30-17-5-2)31-18-6-3/h9-16,33H,4-8,17-21H2,1-3H3. The first kappa shape index (κ1) is 26.9. The molecule has 0 aliphatic carbocycles. The van der Waals surface area contributed by atoms with Crippen LogP contribution in [0.2, 0.25) is 6.04 Å². The summed E-state index contributed by atoms with van der Waals surface area (Å²) in [6.45, 7) is 9.13. The van der Waals surface area contributed by atoms with E-state index in [0.717, 1.165) is 62.9 Å². The molecule has 2 aromatic rings. The van der Waals surface area contributed by atoms with Crippen LogP contribution >= 0.6 is 0 Å². The van der Waals surface area contributed by atoms with Gasteiger partial charge < -0.3 is 23.1 Å². The molecule has 0 heterocycles. The number of hydrogen-bond acceptors (Lipinski definition) is 6. The van der Waals surface area contributed by atoms with Gasteiger partial charge in [0.25, 0.3) is 0 Å². The van der Waals surface area contributed by atoms with Crippen LogP contribution in [0, 0.1) is 0 Å². The van der Waals surface area contributed by atoms with Gasteiger partial charge in [0.15, 0.2) is 0 Å². The summed E-state index contributed by atoms with van der Waals surface area (Å²) in [6.07, 6.45) is 4.99. The molecule has 0 aromatic heterocycles. The maximum absolute atomic E-state index is 12.4. The topological polar surface area (TPSA) is 63.2 Å². The Morgan fingerprint density at radius 3 is 1.73 bits per heavy atom. The van der Waals surface area contributed by atoms with Crippen LogP contribution < -0.4 is 14.2 Å². The highest BCUT2D eigenvalue weighted by Gasteiger charge is 2.13. The predicted octanol–water partition coefficient (Wildman–Crippen LogP) is 5.93. The second-order valence-electron chi connectivity index (χ2n) is 7.75. The fourth-order valence-electron chi connectivity index (χ4n) is 2.94. The largest absolute Gasteiger partial charge is 0.494 e. The van der Waals surface area contributed by atoms with Crippen LogP contribution in [0.3, 0.4) is 0 Å². The van der Waals surface area contributed by atoms with Gasteiger partial charge in [-0.1, -0.05) is 27.2 Å². The van der Waals surface area contributed by atoms with Crippen LogP contribution in [0.15, 0.2) is 48.5 Å². The minimum Gasteiger partial charge on any atom is -0.494 e. The molecule has 0 unspecified atom stereocenters. The van der Waals surface area contributed by atoms with Crippen molar-refractivity contribution in [1.29, 1.82) is 0 Å². The molecule has 0 N–H and O–H groups in total. The number of hydrogen-bond donors (Lipinski definition) is 0. The number of carbonyl (C=O) groups is 1. The molecule has 0 bridgehead atoms. The molecule has 0 saturated heterocycles. The first-order chi connectivity index (χ1) is 16.2. The van der Waals surface area contributed by atoms with Crippen LogP contribution in [0.4, 0.5) is 0 Å². The van der Waals surface area contributed by atoms with Gasteiger partial charge in [-0.05, 0) is 80.3 Å². The molecular weight excluding hydrogens is 436 g/mol. The van der Waals surface area contributed by atoms with Crippen LogP contribution in [0.1, 0.15) is 63.2 Å². The number of carbonyl (C=O) groups excluding carboxylic acids is 1. The maximum atomic E-state index is 12.4. The fourth-order valence-corrected chi connectivity index (χ4v) is 4.87. The molecule has 0 atom stereocenters. The molecule has 0 saturated carbocycles. The summed E-state index contributed by atoms with van der Waals surface area (Å²) in [5.41, 5.74) is 0.471. The van der Waals surface area contributed by atoms with Gasteiger partial charge >= 0.3 is 15.3 Å². The quantitative estimate of drug-likeness (QED) is 0.123. The second-order valence-corrected chi connectivity index (χ2v) is 9.85. The zero-order chi connectivity index (χ0) is 23.7. The van der Waals surface area contributed by atoms with Crippen molar-refractivity contribution < 1.29 is 27.9 Å². The van der Waals surface area contributed by atoms with Gasteiger partial charge in [0.2, 0.25) is 0 Å². The maximum Gasteiger partial charge on any atom is 0.343 e. The molecule has 0 fully saturated rings. The highest BCUT2D eigenvalue weighted by Crippen LogP contribution is 2.20. The number of benzene rings is 2. The van der Waals surface area contributed by atoms with Crippen molar-refractivity contribution in [3.05, 3.63) is 54.1 Å². The number of esters is 1. The number of unbranched alkanes of at least 4 members (excludes halogenated alkanes) is 1. The summed E-state index contributed by atoms with van der Waals surface area (Å²) in [7, 11) is -1.61. The van der Waals surface area contributed by atoms with E-state index in [1.165, 1.54) is 0 Å². The van der Waals surface area contributed by atoms with E-state index >= 15 is 0 Å². The summed E-state index contributed by atoms with van der Waals surface area (Å²) in [6, 6.07) is 15.0. The monoisotopic (exact) mass is 474 g/mol. The first-order valence-electron chi connectivity index (χ1n) is 12.1. The zero-order valence-corrected chi connectivity index (χ0v) is 21.4. The van der Waals surface area contributed by atoms with E-state index in [0.29, 0.717) is 24.5 Å². The highest BCUT2D eigenvalue weighted by atomic mass is 28.3. The Bertz CT molecular complexity index is 770. The molecule has 6 nitrogen and oxygen atoms in total. The van der Waals surface area contributed by atoms with E-state index in [4.69, 9.17) is 23.1 Å². The van der Waals surface area contributed by atoms with Crippen molar-refractivity contribution >= 4 is 15.3 Å². The van der Waals surface area contributed by atoms with E-state index in [1.807, 2.05) is 12.1 Å². The lowest BCUT2D eigenvalue weighted by molar-refractivity contribution is 0.0734. The van der Waals surface area contributed by atoms with E-state index < -0.39 is 15.3 Å². The first-order valence-corrected chi connectivity index (χ1v) is 13.8. The summed E-state index contributed by atoms with van der Waals surface area (Å²) in [5.74, 6) is 1.57. The van der Waals surface area contributed by atoms with Gasteiger partial charge in [0, 0.05) is 13.2 Å². The summed E-state index contributed by atoms with van der Waals surface area (Å²) in [4.78, 5) is 12.4. The van der Waals surface area contributed by atoms with Crippen LogP contribution in [0.5, 0.6) is 17.2 Å². The number of ether oxygens (including phenoxy) is 3. The average Bonchev–Trinajstić information content (AvgIpc) is 2.84. The van der Waals surface area contributed by atoms with Gasteiger partial charge in [-0.15, -0.1) is 0 Å². The van der Waals surface area contributed by atoms with E-state index in [1.54, 1.807) is 36.4 Å². The average molecular weight is 475 g/mol. The molecule has 0 aliphatic heterocycles. The summed E-state index contributed by atoms with van der Waals surface area (Å²) < 4.78 is 28.6. The zero-order valence-electron chi connectivity index (χ0n) is 20.2. The minimum absolute atomic E-state index is 0.406. The van der Waals surface area contributed by atoms with Gasteiger partial charge in [0.1, 0.15) is 17.2 Å². The van der Waals surface area contributed by atoms with Crippen LogP contribution in [0.25, 0.3) is 0 Å². The van der Waals surface area contributed by atoms with Crippen LogP contribution in [-0.4, -0.2) is 41.7 Å². The Balaban J connectivity index is 1.74. The fraction of sp³-hybridized carbons (Fsp3) is 0.500. The molecule has 33 heavy (non-hydrogen) atoms. The lowest BCUT2D eigenvalue weighted by Crippen LogP contribution is -2.24. The Morgan fingerprint density at radius 1 is 0.667 bits per heavy atom. The molecule has 0 amide bonds. The molecule has 2 aromatic carbocycles. The van der Waals surface area contributed by atoms with Gasteiger partial charge in [-0.2, -0.15) is 0 Å². The Morgan fingerprint density at radius 2 is 1.18 bits per heavy atom. The Kier molecular flexibility index (Phi) is 13.3. The van der Waals surface area contributed by atoms with Crippen molar-refractivity contribution in [1.82, 2.24) is 0 Å². The third-order valence-electron chi connectivity index (χ3n) is 4.76. The Hall–Kier alpha value is -2.35. The molecule has 0 radical (unpaired) electrons. The highest BCUT2D eigenvalue weighted by molar-refractivity contribution is 6.44. The van der Waals surface area contributed by atoms with Gasteiger partial charge in [-0.25, -0.2) is 4.79 Å². The molecular formula is C26H38O6Si. The second kappa shape index (κ2) is 16.3. The summed E-state index contributed by atoms with van der Waals surface area (Å²) >= 11 is 0. The normalized spacial score (nSPS) is 10.9. The van der Waals surface area contributed by atoms with E-state index in [-0.39, 0.29) is 0 Å². The van der Waals surface area contributed by atoms with Crippen molar-refractivity contribution in [3.8, 4) is 17.2 Å². The van der Waals surface area contributed by atoms with Crippen molar-refractivity contribution in [2.75, 3.05) is 26.4 Å². The third kappa shape index (κ3) is 10.9. The molecule has 2 rings (SSSR count). The van der Waals surface area contributed by atoms with Gasteiger partial charge in [-0.3, -0.25) is 0 Å². The van der Waals surface area contributed by atoms with Gasteiger partial charge in [0.05, 0.1) is 18.8 Å². The van der Waals surface area contributed by atoms with Crippen molar-refractivity contribution in [2.45, 2.75) is 58.9 Å². The molecule has 7 heteroatoms. The molecule has 0 aliphatic rings. The SMILES string of the molecule is CCCCOc1ccc(OC(=O)c2ccc(OCCC[SiH](OCCC)OCCC)cc2)cc1. The predicted molar refractivity (Wildman–Crippen MR) is 133 cm³/mol. The summed E-state index contributed by atoms with van der Waals surface area (Å²) in [5, 5.41) is 0. The lowest BCUT2D eigenvalue weighted by atomic mass is 10.2. The number of rotatable bonds is 17. The van der Waals surface area contributed by atoms with Crippen molar-refractivity contribution in [2.24, 2.45) is 0 Å². The molecule has 182 valence electrons. The van der Waals surface area contributed by atoms with Crippen molar-refractivity contribution in [3.63, 3.8) is 0 Å². The Labute approximate surface area is 200 Å². The third-order valence-corrected chi connectivity index (χ3v) is 6.85. The minimum atomic E-state index is -1.61. The van der Waals surface area contributed by atoms with E-state index in [2.05, 4.69) is 20.8 Å².